The predicted octanol–water partition coefficient (Wildman–Crippen LogP) is 4.90. The van der Waals surface area contributed by atoms with E-state index in [1.165, 1.54) is 6.07 Å². The summed E-state index contributed by atoms with van der Waals surface area (Å²) in [6.45, 7) is 0. The van der Waals surface area contributed by atoms with Crippen LogP contribution in [0.3, 0.4) is 0 Å². The molecule has 29 heavy (non-hydrogen) atoms. The number of aromatic hydroxyl groups is 2. The molecule has 2 aromatic rings. The van der Waals surface area contributed by atoms with Crippen LogP contribution in [-0.2, 0) is 25.4 Å². The van der Waals surface area contributed by atoms with Crippen molar-refractivity contribution in [1.29, 1.82) is 0 Å². The minimum absolute atomic E-state index is 0.163. The maximum atomic E-state index is 13.2. The van der Waals surface area contributed by atoms with Gasteiger partial charge in [-0.05, 0) is 30.3 Å². The molecule has 0 saturated carbocycles. The molecule has 0 spiro atoms. The summed E-state index contributed by atoms with van der Waals surface area (Å²) in [6.07, 6.45) is 0.357. The second-order valence-electron chi connectivity index (χ2n) is 6.04. The van der Waals surface area contributed by atoms with E-state index in [9.17, 15) is 46.5 Å². The van der Waals surface area contributed by atoms with Crippen LogP contribution in [0.4, 0.5) is 19.4 Å². The Balaban J connectivity index is 2.81. The van der Waals surface area contributed by atoms with E-state index in [1.807, 2.05) is 0 Å². The van der Waals surface area contributed by atoms with Gasteiger partial charge in [0.15, 0.2) is 19.7 Å². The van der Waals surface area contributed by atoms with Gasteiger partial charge in [-0.3, -0.25) is 0 Å². The number of halogens is 6. The number of phenols is 2. The molecule has 0 atom stereocenters. The van der Waals surface area contributed by atoms with Crippen LogP contribution in [-0.4, -0.2) is 33.3 Å². The molecule has 15 heteroatoms. The van der Waals surface area contributed by atoms with Gasteiger partial charge in [-0.1, -0.05) is 35.4 Å². The summed E-state index contributed by atoms with van der Waals surface area (Å²) in [6, 6.07) is 2.33. The van der Waals surface area contributed by atoms with Crippen LogP contribution in [0.25, 0.3) is 0 Å². The smallest absolute Gasteiger partial charge is 0.310 e. The van der Waals surface area contributed by atoms with Crippen molar-refractivity contribution in [3.63, 3.8) is 0 Å². The first-order valence-electron chi connectivity index (χ1n) is 7.13. The Bertz CT molecular complexity index is 1230. The Hall–Kier alpha value is -1.58. The molecule has 0 fully saturated rings. The molecule has 0 aliphatic rings. The normalized spacial score (nSPS) is 15.6. The summed E-state index contributed by atoms with van der Waals surface area (Å²) < 4.78 is 115. The summed E-state index contributed by atoms with van der Waals surface area (Å²) >= 11 is 2.93. The molecule has 0 radical (unpaired) electrons. The summed E-state index contributed by atoms with van der Waals surface area (Å²) in [5.74, 6) is -3.70. The van der Waals surface area contributed by atoms with E-state index in [0.29, 0.717) is 6.26 Å². The Labute approximate surface area is 170 Å². The SMILES string of the molecule is CS(=O)(=O)c1cc(S(F)(F)(F)(F)F)cc(CS(=O)(=O)c2cc(Br)ccc2O)c1O. The lowest BCUT2D eigenvalue weighted by Gasteiger charge is -2.41. The largest absolute Gasteiger partial charge is 0.507 e. The van der Waals surface area contributed by atoms with Gasteiger partial charge in [-0.2, -0.15) is 0 Å². The first-order chi connectivity index (χ1) is 12.6. The van der Waals surface area contributed by atoms with Crippen LogP contribution in [0.5, 0.6) is 11.5 Å². The average molecular weight is 547 g/mol. The molecule has 6 nitrogen and oxygen atoms in total. The Morgan fingerprint density at radius 3 is 1.97 bits per heavy atom. The van der Waals surface area contributed by atoms with Gasteiger partial charge in [0.1, 0.15) is 26.2 Å². The van der Waals surface area contributed by atoms with Crippen LogP contribution < -0.4 is 0 Å². The third-order valence-corrected chi connectivity index (χ3v) is 7.99. The van der Waals surface area contributed by atoms with Gasteiger partial charge >= 0.3 is 10.2 Å². The summed E-state index contributed by atoms with van der Waals surface area (Å²) in [7, 11) is -19.8. The highest BCUT2D eigenvalue weighted by Crippen LogP contribution is 3.02. The molecule has 2 aromatic carbocycles. The van der Waals surface area contributed by atoms with E-state index in [1.54, 1.807) is 0 Å². The van der Waals surface area contributed by atoms with Gasteiger partial charge in [0.25, 0.3) is 0 Å². The zero-order chi connectivity index (χ0) is 22.7. The van der Waals surface area contributed by atoms with Crippen LogP contribution in [0.2, 0.25) is 0 Å². The van der Waals surface area contributed by atoms with Crippen molar-refractivity contribution in [2.24, 2.45) is 0 Å². The lowest BCUT2D eigenvalue weighted by atomic mass is 10.2. The monoisotopic (exact) mass is 546 g/mol. The van der Waals surface area contributed by atoms with Crippen molar-refractivity contribution in [2.75, 3.05) is 6.26 Å². The van der Waals surface area contributed by atoms with Gasteiger partial charge in [0.2, 0.25) is 0 Å². The fourth-order valence-corrected chi connectivity index (χ4v) is 5.87. The van der Waals surface area contributed by atoms with Gasteiger partial charge in [-0.25, -0.2) is 16.8 Å². The van der Waals surface area contributed by atoms with Crippen molar-refractivity contribution < 1.29 is 46.5 Å². The predicted molar refractivity (Wildman–Crippen MR) is 99.3 cm³/mol. The van der Waals surface area contributed by atoms with Crippen LogP contribution in [0.15, 0.2) is 49.5 Å². The molecule has 0 saturated heterocycles. The van der Waals surface area contributed by atoms with E-state index < -0.39 is 73.5 Å². The molecular formula is C14H12BrF5O6S3. The zero-order valence-corrected chi connectivity index (χ0v) is 18.1. The highest BCUT2D eigenvalue weighted by Gasteiger charge is 2.66. The fraction of sp³-hybridized carbons (Fsp3) is 0.143. The van der Waals surface area contributed by atoms with E-state index >= 15 is 0 Å². The summed E-state index contributed by atoms with van der Waals surface area (Å²) in [4.78, 5) is -4.95. The number of hydrogen-bond acceptors (Lipinski definition) is 6. The number of sulfone groups is 2. The molecule has 0 heterocycles. The van der Waals surface area contributed by atoms with Crippen molar-refractivity contribution in [1.82, 2.24) is 0 Å². The zero-order valence-electron chi connectivity index (χ0n) is 14.1. The van der Waals surface area contributed by atoms with E-state index in [-0.39, 0.29) is 10.5 Å². The maximum absolute atomic E-state index is 13.2. The van der Waals surface area contributed by atoms with E-state index in [2.05, 4.69) is 15.9 Å². The Morgan fingerprint density at radius 1 is 0.931 bits per heavy atom. The lowest BCUT2D eigenvalue weighted by molar-refractivity contribution is 0.362. The third kappa shape index (κ3) is 5.32. The third-order valence-electron chi connectivity index (χ3n) is 3.57. The molecule has 2 N–H and O–H groups in total. The highest BCUT2D eigenvalue weighted by molar-refractivity contribution is 9.10. The maximum Gasteiger partial charge on any atom is 0.310 e. The van der Waals surface area contributed by atoms with Crippen molar-refractivity contribution in [2.45, 2.75) is 20.4 Å². The average Bonchev–Trinajstić information content (AvgIpc) is 2.47. The van der Waals surface area contributed by atoms with Gasteiger partial charge in [-0.15, -0.1) is 0 Å². The molecular weight excluding hydrogens is 535 g/mol. The number of rotatable bonds is 5. The lowest BCUT2D eigenvalue weighted by Crippen LogP contribution is -2.12. The first-order valence-corrected chi connectivity index (χ1v) is 13.4. The molecule has 164 valence electrons. The molecule has 0 bridgehead atoms. The molecule has 0 unspecified atom stereocenters. The topological polar surface area (TPSA) is 109 Å². The number of hydrogen-bond donors (Lipinski definition) is 2. The van der Waals surface area contributed by atoms with Gasteiger partial charge < -0.3 is 10.2 Å². The van der Waals surface area contributed by atoms with Crippen molar-refractivity contribution in [3.05, 3.63) is 40.4 Å². The minimum atomic E-state index is -10.4. The molecule has 0 aromatic heterocycles. The van der Waals surface area contributed by atoms with Gasteiger partial charge in [0.05, 0.1) is 5.75 Å². The highest BCUT2D eigenvalue weighted by atomic mass is 79.9. The Kier molecular flexibility index (Phi) is 5.08. The number of benzene rings is 2. The standard InChI is InChI=1S/C14H12BrF5O6S3/c1-27(23,24)13-6-10(29(16,17,18,19)20)4-8(14(13)22)7-28(25,26)12-5-9(15)2-3-11(12)21/h2-6,21-22H,7H2,1H3. The van der Waals surface area contributed by atoms with Crippen molar-refractivity contribution >= 4 is 45.8 Å². The van der Waals surface area contributed by atoms with E-state index in [4.69, 9.17) is 0 Å². The Morgan fingerprint density at radius 2 is 1.48 bits per heavy atom. The van der Waals surface area contributed by atoms with Crippen LogP contribution in [0, 0.1) is 0 Å². The molecule has 2 rings (SSSR count). The summed E-state index contributed by atoms with van der Waals surface area (Å²) in [5, 5.41) is 19.7. The second-order valence-corrected chi connectivity index (χ2v) is 13.3. The quantitative estimate of drug-likeness (QED) is 0.516. The molecule has 0 amide bonds. The molecule has 0 aliphatic heterocycles. The first kappa shape index (κ1) is 23.7. The van der Waals surface area contributed by atoms with Crippen LogP contribution >= 0.6 is 26.2 Å². The van der Waals surface area contributed by atoms with Crippen molar-refractivity contribution in [3.8, 4) is 11.5 Å². The summed E-state index contributed by atoms with van der Waals surface area (Å²) in [5.41, 5.74) is -1.23. The molecule has 0 aliphatic carbocycles. The van der Waals surface area contributed by atoms with Gasteiger partial charge in [0, 0.05) is 16.3 Å². The second kappa shape index (κ2) is 6.21. The van der Waals surface area contributed by atoms with Crippen LogP contribution in [0.1, 0.15) is 5.56 Å². The van der Waals surface area contributed by atoms with E-state index in [0.717, 1.165) is 12.1 Å². The number of phenolic OH excluding ortho intramolecular Hbond substituents is 2. The fourth-order valence-electron chi connectivity index (χ4n) is 2.27. The minimum Gasteiger partial charge on any atom is -0.507 e.